The lowest BCUT2D eigenvalue weighted by Gasteiger charge is -2.29. The molecule has 126 valence electrons. The van der Waals surface area contributed by atoms with Crippen molar-refractivity contribution in [3.05, 3.63) is 35.4 Å². The van der Waals surface area contributed by atoms with Gasteiger partial charge in [0.1, 0.15) is 5.60 Å². The summed E-state index contributed by atoms with van der Waals surface area (Å²) in [5.74, 6) is 0. The minimum Gasteiger partial charge on any atom is -0.444 e. The third-order valence-corrected chi connectivity index (χ3v) is 4.54. The highest BCUT2D eigenvalue weighted by molar-refractivity contribution is 5.68. The van der Waals surface area contributed by atoms with Crippen LogP contribution in [0.1, 0.15) is 44.7 Å². The van der Waals surface area contributed by atoms with E-state index in [9.17, 15) is 4.79 Å². The van der Waals surface area contributed by atoms with E-state index in [1.165, 1.54) is 11.1 Å². The second-order valence-corrected chi connectivity index (χ2v) is 7.60. The first-order chi connectivity index (χ1) is 10.9. The molecule has 1 saturated heterocycles. The number of fused-ring (bicyclic) bond motifs is 1. The van der Waals surface area contributed by atoms with Gasteiger partial charge in [0, 0.05) is 6.54 Å². The van der Waals surface area contributed by atoms with E-state index >= 15 is 0 Å². The Balaban J connectivity index is 1.51. The van der Waals surface area contributed by atoms with Gasteiger partial charge in [-0.3, -0.25) is 0 Å². The molecule has 0 unspecified atom stereocenters. The first-order valence-electron chi connectivity index (χ1n) is 8.60. The van der Waals surface area contributed by atoms with E-state index in [-0.39, 0.29) is 18.2 Å². The van der Waals surface area contributed by atoms with Crippen molar-refractivity contribution in [2.75, 3.05) is 13.2 Å². The Kier molecular flexibility index (Phi) is 4.62. The van der Waals surface area contributed by atoms with Gasteiger partial charge in [-0.15, -0.1) is 0 Å². The largest absolute Gasteiger partial charge is 0.444 e. The van der Waals surface area contributed by atoms with Crippen molar-refractivity contribution >= 4 is 6.09 Å². The Morgan fingerprint density at radius 3 is 2.48 bits per heavy atom. The van der Waals surface area contributed by atoms with Crippen molar-refractivity contribution < 1.29 is 14.3 Å². The van der Waals surface area contributed by atoms with Gasteiger partial charge in [0.05, 0.1) is 18.8 Å². The molecule has 1 fully saturated rings. The zero-order valence-electron chi connectivity index (χ0n) is 14.4. The maximum absolute atomic E-state index is 12.3. The van der Waals surface area contributed by atoms with Crippen molar-refractivity contribution in [1.82, 2.24) is 4.90 Å². The number of amides is 1. The number of nitrogens with zero attached hydrogens (tertiary/aromatic N) is 1. The summed E-state index contributed by atoms with van der Waals surface area (Å²) in [5.41, 5.74) is 2.35. The molecule has 1 aliphatic heterocycles. The third-order valence-electron chi connectivity index (χ3n) is 4.54. The van der Waals surface area contributed by atoms with Crippen LogP contribution in [0.2, 0.25) is 0 Å². The molecule has 4 heteroatoms. The average molecular weight is 317 g/mol. The molecule has 1 aromatic rings. The Morgan fingerprint density at radius 2 is 1.87 bits per heavy atom. The van der Waals surface area contributed by atoms with Crippen LogP contribution in [0.4, 0.5) is 4.79 Å². The smallest absolute Gasteiger partial charge is 0.410 e. The summed E-state index contributed by atoms with van der Waals surface area (Å²) in [6, 6.07) is 8.68. The van der Waals surface area contributed by atoms with E-state index in [2.05, 4.69) is 24.3 Å². The molecule has 3 rings (SSSR count). The Morgan fingerprint density at radius 1 is 1.22 bits per heavy atom. The van der Waals surface area contributed by atoms with Gasteiger partial charge in [-0.05, 0) is 57.6 Å². The summed E-state index contributed by atoms with van der Waals surface area (Å²) in [5, 5.41) is 0. The van der Waals surface area contributed by atoms with Crippen LogP contribution in [-0.2, 0) is 22.3 Å². The molecule has 0 saturated carbocycles. The third kappa shape index (κ3) is 4.05. The number of hydrogen-bond donors (Lipinski definition) is 0. The van der Waals surface area contributed by atoms with Gasteiger partial charge in [0.15, 0.2) is 0 Å². The molecular formula is C19H27NO3. The molecule has 0 spiro atoms. The fourth-order valence-electron chi connectivity index (χ4n) is 3.45. The van der Waals surface area contributed by atoms with Gasteiger partial charge in [-0.25, -0.2) is 4.79 Å². The summed E-state index contributed by atoms with van der Waals surface area (Å²) in [6.07, 6.45) is 4.02. The minimum atomic E-state index is -0.446. The monoisotopic (exact) mass is 317 g/mol. The van der Waals surface area contributed by atoms with E-state index in [0.29, 0.717) is 6.61 Å². The Hall–Kier alpha value is -1.55. The number of benzene rings is 1. The van der Waals surface area contributed by atoms with Crippen LogP contribution in [-0.4, -0.2) is 41.9 Å². The molecule has 1 heterocycles. The molecule has 4 nitrogen and oxygen atoms in total. The summed E-state index contributed by atoms with van der Waals surface area (Å²) < 4.78 is 11.6. The highest BCUT2D eigenvalue weighted by Crippen LogP contribution is 2.26. The Labute approximate surface area is 138 Å². The fraction of sp³-hybridized carbons (Fsp3) is 0.632. The van der Waals surface area contributed by atoms with Gasteiger partial charge in [-0.2, -0.15) is 0 Å². The van der Waals surface area contributed by atoms with E-state index in [4.69, 9.17) is 9.47 Å². The molecule has 1 aliphatic carbocycles. The number of hydrogen-bond acceptors (Lipinski definition) is 3. The summed E-state index contributed by atoms with van der Waals surface area (Å²) in [4.78, 5) is 14.1. The SMILES string of the molecule is CC(C)(C)OC(=O)N1CCC[C@H]1COC1Cc2ccccc2C1. The Bertz CT molecular complexity index is 539. The molecular weight excluding hydrogens is 290 g/mol. The quantitative estimate of drug-likeness (QED) is 0.855. The second kappa shape index (κ2) is 6.52. The van der Waals surface area contributed by atoms with Crippen molar-refractivity contribution in [3.63, 3.8) is 0 Å². The molecule has 1 aromatic carbocycles. The van der Waals surface area contributed by atoms with Gasteiger partial charge in [-0.1, -0.05) is 24.3 Å². The van der Waals surface area contributed by atoms with Crippen LogP contribution in [0, 0.1) is 0 Å². The highest BCUT2D eigenvalue weighted by atomic mass is 16.6. The molecule has 1 amide bonds. The minimum absolute atomic E-state index is 0.147. The lowest BCUT2D eigenvalue weighted by Crippen LogP contribution is -2.42. The van der Waals surface area contributed by atoms with Crippen molar-refractivity contribution in [1.29, 1.82) is 0 Å². The fourth-order valence-corrected chi connectivity index (χ4v) is 3.45. The summed E-state index contributed by atoms with van der Waals surface area (Å²) in [6.45, 7) is 7.10. The van der Waals surface area contributed by atoms with Crippen LogP contribution in [0.5, 0.6) is 0 Å². The van der Waals surface area contributed by atoms with E-state index in [1.54, 1.807) is 0 Å². The van der Waals surface area contributed by atoms with Crippen LogP contribution >= 0.6 is 0 Å². The lowest BCUT2D eigenvalue weighted by atomic mass is 10.1. The van der Waals surface area contributed by atoms with Crippen LogP contribution < -0.4 is 0 Å². The number of carbonyl (C=O) groups is 1. The predicted octanol–water partition coefficient (Wildman–Crippen LogP) is 3.57. The van der Waals surface area contributed by atoms with Crippen molar-refractivity contribution in [2.24, 2.45) is 0 Å². The first kappa shape index (κ1) is 16.3. The average Bonchev–Trinajstić information content (AvgIpc) is 3.09. The topological polar surface area (TPSA) is 38.8 Å². The lowest BCUT2D eigenvalue weighted by molar-refractivity contribution is -0.00277. The summed E-state index contributed by atoms with van der Waals surface area (Å²) >= 11 is 0. The zero-order chi connectivity index (χ0) is 16.4. The number of ether oxygens (including phenoxy) is 2. The molecule has 1 atom stereocenters. The molecule has 23 heavy (non-hydrogen) atoms. The predicted molar refractivity (Wildman–Crippen MR) is 89.6 cm³/mol. The van der Waals surface area contributed by atoms with Crippen molar-refractivity contribution in [3.8, 4) is 0 Å². The first-order valence-corrected chi connectivity index (χ1v) is 8.60. The maximum atomic E-state index is 12.3. The normalized spacial score (nSPS) is 21.5. The summed E-state index contributed by atoms with van der Waals surface area (Å²) in [7, 11) is 0. The number of rotatable bonds is 3. The molecule has 0 radical (unpaired) electrons. The maximum Gasteiger partial charge on any atom is 0.410 e. The van der Waals surface area contributed by atoms with E-state index < -0.39 is 5.60 Å². The zero-order valence-corrected chi connectivity index (χ0v) is 14.4. The second-order valence-electron chi connectivity index (χ2n) is 7.60. The number of likely N-dealkylation sites (tertiary alicyclic amines) is 1. The molecule has 0 N–H and O–H groups in total. The van der Waals surface area contributed by atoms with E-state index in [0.717, 1.165) is 32.2 Å². The van der Waals surface area contributed by atoms with Crippen LogP contribution in [0.25, 0.3) is 0 Å². The van der Waals surface area contributed by atoms with Gasteiger partial charge in [0.2, 0.25) is 0 Å². The number of carbonyl (C=O) groups excluding carboxylic acids is 1. The van der Waals surface area contributed by atoms with Crippen LogP contribution in [0.15, 0.2) is 24.3 Å². The van der Waals surface area contributed by atoms with Crippen molar-refractivity contribution in [2.45, 2.75) is 64.2 Å². The van der Waals surface area contributed by atoms with E-state index in [1.807, 2.05) is 25.7 Å². The van der Waals surface area contributed by atoms with Gasteiger partial charge >= 0.3 is 6.09 Å². The molecule has 2 aliphatic rings. The molecule has 0 bridgehead atoms. The van der Waals surface area contributed by atoms with Crippen LogP contribution in [0.3, 0.4) is 0 Å². The van der Waals surface area contributed by atoms with Gasteiger partial charge < -0.3 is 14.4 Å². The standard InChI is InChI=1S/C19H27NO3/c1-19(2,3)23-18(21)20-10-6-9-16(20)13-22-17-11-14-7-4-5-8-15(14)12-17/h4-5,7-8,16-17H,6,9-13H2,1-3H3/t16-/m0/s1. The van der Waals surface area contributed by atoms with Gasteiger partial charge in [0.25, 0.3) is 0 Å². The highest BCUT2D eigenvalue weighted by Gasteiger charge is 2.33. The molecule has 0 aromatic heterocycles.